The van der Waals surface area contributed by atoms with Gasteiger partial charge in [-0.2, -0.15) is 0 Å². The highest BCUT2D eigenvalue weighted by atomic mass is 15.5. The molecule has 0 radical (unpaired) electrons. The van der Waals surface area contributed by atoms with E-state index in [1.807, 2.05) is 12.1 Å². The molecular weight excluding hydrogens is 927 g/mol. The van der Waals surface area contributed by atoms with Crippen molar-refractivity contribution in [3.63, 3.8) is 0 Å². The van der Waals surface area contributed by atoms with E-state index >= 15 is 0 Å². The second-order valence-electron chi connectivity index (χ2n) is 20.4. The van der Waals surface area contributed by atoms with Crippen LogP contribution in [0.3, 0.4) is 0 Å². The van der Waals surface area contributed by atoms with Gasteiger partial charge in [-0.25, -0.2) is 0 Å². The van der Waals surface area contributed by atoms with E-state index in [2.05, 4.69) is 265 Å². The number of nitrogens with two attached hydrogens (primary N) is 1. The number of anilines is 13. The van der Waals surface area contributed by atoms with Crippen molar-refractivity contribution in [2.45, 2.75) is 34.6 Å². The molecule has 0 atom stereocenters. The van der Waals surface area contributed by atoms with Gasteiger partial charge in [-0.05, 0) is 192 Å². The van der Waals surface area contributed by atoms with Gasteiger partial charge in [0.25, 0.3) is 0 Å². The Morgan fingerprint density at radius 1 is 0.293 bits per heavy atom. The summed E-state index contributed by atoms with van der Waals surface area (Å²) in [4.78, 5) is 29.3. The third kappa shape index (κ3) is 11.4. The molecule has 3 fully saturated rings. The summed E-state index contributed by atoms with van der Waals surface area (Å²) in [6.45, 7) is 22.0. The van der Waals surface area contributed by atoms with Crippen LogP contribution in [0.4, 0.5) is 73.9 Å². The minimum Gasteiger partial charge on any atom is -0.399 e. The Labute approximate surface area is 447 Å². The SMILES string of the molecule is CCN(CC)c1ccc(N2CN(c3ccc(N(CC)CC)cc3)CN(c3ccc(N4CN(c5ccc(N(C)C)cc5)CN(c5ccc(N6CN(c7ccc(C)cc7)CN(c7ccc(N)cc7)C6)cc5)C4)cc3)C2)cc1. The van der Waals surface area contributed by atoms with Crippen molar-refractivity contribution in [1.82, 2.24) is 0 Å². The third-order valence-electron chi connectivity index (χ3n) is 15.3. The molecule has 0 unspecified atom stereocenters. The van der Waals surface area contributed by atoms with Crippen LogP contribution < -0.4 is 64.5 Å². The Morgan fingerprint density at radius 2 is 0.480 bits per heavy atom. The molecule has 75 heavy (non-hydrogen) atoms. The lowest BCUT2D eigenvalue weighted by atomic mass is 10.2. The van der Waals surface area contributed by atoms with Crippen molar-refractivity contribution in [2.75, 3.05) is 165 Å². The van der Waals surface area contributed by atoms with Crippen LogP contribution in [0.1, 0.15) is 33.3 Å². The number of hydrogen-bond donors (Lipinski definition) is 1. The first-order chi connectivity index (χ1) is 36.6. The summed E-state index contributed by atoms with van der Waals surface area (Å²) in [6.07, 6.45) is 0. The molecule has 0 bridgehead atoms. The predicted molar refractivity (Wildman–Crippen MR) is 322 cm³/mol. The fourth-order valence-electron chi connectivity index (χ4n) is 10.8. The maximum absolute atomic E-state index is 6.13. The van der Waals surface area contributed by atoms with Gasteiger partial charge in [0, 0.05) is 114 Å². The lowest BCUT2D eigenvalue weighted by molar-refractivity contribution is 0.606. The van der Waals surface area contributed by atoms with Gasteiger partial charge >= 0.3 is 0 Å². The van der Waals surface area contributed by atoms with E-state index in [1.165, 1.54) is 68.1 Å². The highest BCUT2D eigenvalue weighted by Gasteiger charge is 2.29. The zero-order valence-corrected chi connectivity index (χ0v) is 45.3. The standard InChI is InChI=1S/C62H77N13/c1-8-65(9-2)52-24-28-57(29-25-52)71-45-72(58-30-26-53(27-31-58)66(10-3)11-4)47-75(46-71)62-38-36-61(37-39-62)74-44-69(56-22-20-51(21-23-56)64(6)7)43-73(48-74)60-34-32-59(33-35-60)70-41-67(54-16-12-49(5)13-17-54)40-68(42-70)55-18-14-50(63)15-19-55/h12-39H,8-11,40-48,63H2,1-7H3. The minimum atomic E-state index is 0.749. The van der Waals surface area contributed by atoms with E-state index in [-0.39, 0.29) is 0 Å². The molecule has 3 aliphatic heterocycles. The van der Waals surface area contributed by atoms with Gasteiger partial charge in [0.15, 0.2) is 0 Å². The molecule has 7 aromatic carbocycles. The number of nitrogens with zero attached hydrogens (tertiary/aromatic N) is 12. The van der Waals surface area contributed by atoms with Gasteiger partial charge in [-0.15, -0.1) is 0 Å². The lowest BCUT2D eigenvalue weighted by Crippen LogP contribution is -2.56. The second-order valence-corrected chi connectivity index (χ2v) is 20.4. The van der Waals surface area contributed by atoms with Crippen LogP contribution in [-0.4, -0.2) is 100 Å². The molecule has 0 aliphatic carbocycles. The first-order valence-electron chi connectivity index (χ1n) is 26.9. The molecular formula is C62H77N13. The molecule has 3 heterocycles. The zero-order valence-electron chi connectivity index (χ0n) is 45.3. The Morgan fingerprint density at radius 3 is 0.693 bits per heavy atom. The molecule has 0 aromatic heterocycles. The summed E-state index contributed by atoms with van der Waals surface area (Å²) in [5.74, 6) is 0. The van der Waals surface area contributed by atoms with E-state index in [0.29, 0.717) is 0 Å². The van der Waals surface area contributed by atoms with Gasteiger partial charge in [0.2, 0.25) is 0 Å². The molecule has 0 amide bonds. The average Bonchev–Trinajstić information content (AvgIpc) is 3.46. The smallest absolute Gasteiger partial charge is 0.0937 e. The summed E-state index contributed by atoms with van der Waals surface area (Å²) in [5, 5.41) is 0. The fourth-order valence-corrected chi connectivity index (χ4v) is 10.8. The zero-order chi connectivity index (χ0) is 52.0. The van der Waals surface area contributed by atoms with Gasteiger partial charge in [-0.1, -0.05) is 17.7 Å². The normalized spacial score (nSPS) is 15.2. The van der Waals surface area contributed by atoms with Crippen molar-refractivity contribution < 1.29 is 0 Å². The summed E-state index contributed by atoms with van der Waals surface area (Å²) < 4.78 is 0. The van der Waals surface area contributed by atoms with Crippen LogP contribution in [0.15, 0.2) is 170 Å². The average molecular weight is 1000 g/mol. The molecule has 10 rings (SSSR count). The van der Waals surface area contributed by atoms with Gasteiger partial charge in [0.1, 0.15) is 0 Å². The summed E-state index contributed by atoms with van der Waals surface area (Å²) in [6, 6.07) is 62.8. The number of benzene rings is 7. The molecule has 0 spiro atoms. The lowest BCUT2D eigenvalue weighted by Gasteiger charge is -2.46. The minimum absolute atomic E-state index is 0.749. The van der Waals surface area contributed by atoms with Crippen LogP contribution >= 0.6 is 0 Å². The van der Waals surface area contributed by atoms with E-state index in [9.17, 15) is 0 Å². The van der Waals surface area contributed by atoms with E-state index in [0.717, 1.165) is 97.6 Å². The maximum atomic E-state index is 6.13. The van der Waals surface area contributed by atoms with Crippen molar-refractivity contribution in [3.8, 4) is 0 Å². The first kappa shape index (κ1) is 50.5. The molecule has 7 aromatic rings. The van der Waals surface area contributed by atoms with E-state index in [1.54, 1.807) is 0 Å². The Balaban J connectivity index is 0.911. The van der Waals surface area contributed by atoms with Crippen molar-refractivity contribution in [2.24, 2.45) is 0 Å². The highest BCUT2D eigenvalue weighted by Crippen LogP contribution is 2.34. The predicted octanol–water partition coefficient (Wildman–Crippen LogP) is 11.5. The Hall–Kier alpha value is -8.06. The molecule has 13 nitrogen and oxygen atoms in total. The van der Waals surface area contributed by atoms with Crippen molar-refractivity contribution >= 4 is 73.9 Å². The van der Waals surface area contributed by atoms with E-state index in [4.69, 9.17) is 5.73 Å². The summed E-state index contributed by atoms with van der Waals surface area (Å²) in [5.41, 5.74) is 22.6. The fraction of sp³-hybridized carbons (Fsp3) is 0.323. The molecule has 0 saturated carbocycles. The van der Waals surface area contributed by atoms with Crippen LogP contribution in [0, 0.1) is 6.92 Å². The number of hydrogen-bond acceptors (Lipinski definition) is 13. The third-order valence-corrected chi connectivity index (χ3v) is 15.3. The summed E-state index contributed by atoms with van der Waals surface area (Å²) >= 11 is 0. The van der Waals surface area contributed by atoms with Crippen LogP contribution in [-0.2, 0) is 0 Å². The van der Waals surface area contributed by atoms with Crippen molar-refractivity contribution in [3.05, 3.63) is 175 Å². The Kier molecular flexibility index (Phi) is 15.2. The Bertz CT molecular complexity index is 2770. The molecule has 3 aliphatic rings. The van der Waals surface area contributed by atoms with Gasteiger partial charge < -0.3 is 64.5 Å². The van der Waals surface area contributed by atoms with Gasteiger partial charge in [-0.3, -0.25) is 0 Å². The van der Waals surface area contributed by atoms with E-state index < -0.39 is 0 Å². The summed E-state index contributed by atoms with van der Waals surface area (Å²) in [7, 11) is 4.19. The number of nitrogen functional groups attached to an aromatic ring is 1. The number of aryl methyl sites for hydroxylation is 1. The maximum Gasteiger partial charge on any atom is 0.0937 e. The largest absolute Gasteiger partial charge is 0.399 e. The quantitative estimate of drug-likeness (QED) is 0.0936. The van der Waals surface area contributed by atoms with Crippen LogP contribution in [0.2, 0.25) is 0 Å². The molecule has 390 valence electrons. The molecule has 13 heteroatoms. The molecule has 2 N–H and O–H groups in total. The topological polar surface area (TPSA) is 64.9 Å². The van der Waals surface area contributed by atoms with Gasteiger partial charge in [0.05, 0.1) is 60.0 Å². The number of rotatable bonds is 16. The van der Waals surface area contributed by atoms with Crippen LogP contribution in [0.5, 0.6) is 0 Å². The molecule has 3 saturated heterocycles. The monoisotopic (exact) mass is 1000 g/mol. The van der Waals surface area contributed by atoms with Crippen LogP contribution in [0.25, 0.3) is 0 Å². The van der Waals surface area contributed by atoms with Crippen molar-refractivity contribution in [1.29, 1.82) is 0 Å². The first-order valence-corrected chi connectivity index (χ1v) is 26.9. The second kappa shape index (κ2) is 22.6. The highest BCUT2D eigenvalue weighted by molar-refractivity contribution is 5.68.